The zero-order valence-corrected chi connectivity index (χ0v) is 22.9. The number of aromatic nitrogens is 5. The number of rotatable bonds is 8. The van der Waals surface area contributed by atoms with Gasteiger partial charge in [0.15, 0.2) is 5.65 Å². The van der Waals surface area contributed by atoms with Crippen molar-refractivity contribution in [2.24, 2.45) is 0 Å². The van der Waals surface area contributed by atoms with Gasteiger partial charge in [-0.15, -0.1) is 0 Å². The molecule has 212 valence electrons. The fourth-order valence-corrected chi connectivity index (χ4v) is 5.39. The highest BCUT2D eigenvalue weighted by Crippen LogP contribution is 2.36. The summed E-state index contributed by atoms with van der Waals surface area (Å²) in [6, 6.07) is 8.19. The summed E-state index contributed by atoms with van der Waals surface area (Å²) in [4.78, 5) is 29.0. The highest BCUT2D eigenvalue weighted by atomic mass is 19.1. The second kappa shape index (κ2) is 10.8. The molecule has 2 N–H and O–H groups in total. The van der Waals surface area contributed by atoms with Gasteiger partial charge in [-0.05, 0) is 44.0 Å². The Morgan fingerprint density at radius 1 is 1.17 bits per heavy atom. The van der Waals surface area contributed by atoms with Crippen LogP contribution in [0.3, 0.4) is 0 Å². The largest absolute Gasteiger partial charge is 0.457 e. The van der Waals surface area contributed by atoms with Crippen LogP contribution in [-0.4, -0.2) is 74.8 Å². The number of ether oxygens (including phenoxy) is 2. The second-order valence-electron chi connectivity index (χ2n) is 10.6. The van der Waals surface area contributed by atoms with E-state index in [0.29, 0.717) is 41.4 Å². The van der Waals surface area contributed by atoms with E-state index in [1.807, 2.05) is 6.07 Å². The van der Waals surface area contributed by atoms with Crippen molar-refractivity contribution in [2.75, 3.05) is 43.5 Å². The molecule has 1 amide bonds. The third-order valence-corrected chi connectivity index (χ3v) is 7.77. The first-order valence-electron chi connectivity index (χ1n) is 13.5. The number of nitrogens with one attached hydrogen (secondary N) is 2. The first kappa shape index (κ1) is 26.6. The Balaban J connectivity index is 1.17. The van der Waals surface area contributed by atoms with Crippen molar-refractivity contribution in [2.45, 2.75) is 31.3 Å². The average Bonchev–Trinajstić information content (AvgIpc) is 3.42. The maximum absolute atomic E-state index is 15.3. The van der Waals surface area contributed by atoms with Crippen molar-refractivity contribution in [1.82, 2.24) is 30.0 Å². The number of amides is 1. The van der Waals surface area contributed by atoms with Crippen LogP contribution in [0.15, 0.2) is 55.5 Å². The summed E-state index contributed by atoms with van der Waals surface area (Å²) in [6.45, 7) is 8.32. The molecule has 41 heavy (non-hydrogen) atoms. The van der Waals surface area contributed by atoms with Crippen LogP contribution < -0.4 is 15.0 Å². The third-order valence-electron chi connectivity index (χ3n) is 7.77. The van der Waals surface area contributed by atoms with E-state index in [9.17, 15) is 4.79 Å². The van der Waals surface area contributed by atoms with Crippen LogP contribution in [-0.2, 0) is 9.53 Å². The highest BCUT2D eigenvalue weighted by Gasteiger charge is 2.39. The smallest absolute Gasteiger partial charge is 0.245 e. The number of hydrogen-bond donors (Lipinski definition) is 2. The minimum atomic E-state index is -0.497. The molecule has 3 aromatic heterocycles. The Hall–Kier alpha value is -4.58. The molecule has 6 rings (SSSR count). The number of methoxy groups -OCH3 is 1. The number of pyridine rings is 1. The van der Waals surface area contributed by atoms with Crippen molar-refractivity contribution in [3.05, 3.63) is 67.0 Å². The van der Waals surface area contributed by atoms with Crippen LogP contribution in [0.4, 0.5) is 21.7 Å². The second-order valence-corrected chi connectivity index (χ2v) is 10.6. The summed E-state index contributed by atoms with van der Waals surface area (Å²) < 4.78 is 26.7. The van der Waals surface area contributed by atoms with Crippen molar-refractivity contribution in [3.63, 3.8) is 0 Å². The number of fused-ring (bicyclic) bond motifs is 1. The van der Waals surface area contributed by atoms with Crippen LogP contribution in [0.1, 0.15) is 31.4 Å². The molecule has 2 saturated heterocycles. The van der Waals surface area contributed by atoms with Gasteiger partial charge in [-0.25, -0.2) is 19.3 Å². The van der Waals surface area contributed by atoms with Crippen LogP contribution in [0.25, 0.3) is 11.0 Å². The summed E-state index contributed by atoms with van der Waals surface area (Å²) in [7, 11) is 1.71. The number of halogens is 1. The first-order valence-corrected chi connectivity index (χ1v) is 13.5. The summed E-state index contributed by atoms with van der Waals surface area (Å²) >= 11 is 0. The monoisotopic (exact) mass is 558 g/mol. The molecular formula is C29H31FN8O3. The molecule has 5 heterocycles. The molecule has 2 aliphatic rings. The number of likely N-dealkylation sites (tertiary alicyclic amines) is 1. The van der Waals surface area contributed by atoms with Gasteiger partial charge < -0.3 is 24.6 Å². The van der Waals surface area contributed by atoms with Gasteiger partial charge in [0.2, 0.25) is 5.91 Å². The minimum Gasteiger partial charge on any atom is -0.457 e. The zero-order chi connectivity index (χ0) is 28.6. The highest BCUT2D eigenvalue weighted by molar-refractivity contribution is 5.91. The van der Waals surface area contributed by atoms with Crippen LogP contribution in [0, 0.1) is 5.82 Å². The summed E-state index contributed by atoms with van der Waals surface area (Å²) in [5, 5.41) is 11.3. The Kier molecular flexibility index (Phi) is 7.00. The Morgan fingerprint density at radius 3 is 2.68 bits per heavy atom. The molecule has 2 aliphatic heterocycles. The van der Waals surface area contributed by atoms with E-state index >= 15 is 4.39 Å². The van der Waals surface area contributed by atoms with Crippen molar-refractivity contribution >= 4 is 34.3 Å². The fraction of sp³-hybridized carbons (Fsp3) is 0.345. The van der Waals surface area contributed by atoms with Crippen LogP contribution in [0.2, 0.25) is 0 Å². The van der Waals surface area contributed by atoms with Gasteiger partial charge in [-0.3, -0.25) is 9.89 Å². The van der Waals surface area contributed by atoms with E-state index in [0.717, 1.165) is 37.4 Å². The molecule has 0 saturated carbocycles. The molecule has 0 unspecified atom stereocenters. The maximum Gasteiger partial charge on any atom is 0.245 e. The van der Waals surface area contributed by atoms with E-state index in [1.165, 1.54) is 18.5 Å². The van der Waals surface area contributed by atoms with Gasteiger partial charge in [-0.1, -0.05) is 6.58 Å². The van der Waals surface area contributed by atoms with Gasteiger partial charge >= 0.3 is 0 Å². The molecule has 11 nitrogen and oxygen atoms in total. The molecule has 0 radical (unpaired) electrons. The standard InChI is InChI=1S/C29H31FN8O3/c1-4-24(39)37-11-8-18(9-12-37)26-25-27(32-17-33-28(25)36-35-26)34-22-6-5-19(13-21(22)30)41-20-7-10-31-23(14-20)38-15-29(2,16-38)40-3/h4-7,10,13-14,17-18H,1,8-9,11-12,15-16H2,2-3H3,(H2,32,33,34,35,36). The number of hydrogen-bond acceptors (Lipinski definition) is 9. The lowest BCUT2D eigenvalue weighted by atomic mass is 9.92. The summed E-state index contributed by atoms with van der Waals surface area (Å²) in [5.41, 5.74) is 1.42. The summed E-state index contributed by atoms with van der Waals surface area (Å²) in [6.07, 6.45) is 5.90. The average molecular weight is 559 g/mol. The number of nitrogens with zero attached hydrogens (tertiary/aromatic N) is 6. The Bertz CT molecular complexity index is 1590. The maximum atomic E-state index is 15.3. The topological polar surface area (TPSA) is 121 Å². The van der Waals surface area contributed by atoms with Gasteiger partial charge in [0, 0.05) is 57.5 Å². The normalized spacial score (nSPS) is 16.9. The zero-order valence-electron chi connectivity index (χ0n) is 22.9. The third kappa shape index (κ3) is 5.30. The molecule has 0 bridgehead atoms. The van der Waals surface area contributed by atoms with Crippen molar-refractivity contribution in [3.8, 4) is 11.5 Å². The van der Waals surface area contributed by atoms with Gasteiger partial charge in [-0.2, -0.15) is 5.10 Å². The van der Waals surface area contributed by atoms with Crippen molar-refractivity contribution < 1.29 is 18.7 Å². The molecule has 0 aliphatic carbocycles. The summed E-state index contributed by atoms with van der Waals surface area (Å²) in [5.74, 6) is 1.68. The number of H-pyrrole nitrogens is 1. The minimum absolute atomic E-state index is 0.0703. The van der Waals surface area contributed by atoms with E-state index in [4.69, 9.17) is 9.47 Å². The van der Waals surface area contributed by atoms with Crippen LogP contribution >= 0.6 is 0 Å². The quantitative estimate of drug-likeness (QED) is 0.300. The first-order chi connectivity index (χ1) is 19.9. The van der Waals surface area contributed by atoms with Gasteiger partial charge in [0.05, 0.1) is 22.4 Å². The van der Waals surface area contributed by atoms with E-state index in [2.05, 4.69) is 48.9 Å². The number of aromatic amines is 1. The number of benzene rings is 1. The number of anilines is 3. The number of carbonyl (C=O) groups is 1. The van der Waals surface area contributed by atoms with Crippen LogP contribution in [0.5, 0.6) is 11.5 Å². The van der Waals surface area contributed by atoms with E-state index in [1.54, 1.807) is 36.4 Å². The lowest BCUT2D eigenvalue weighted by molar-refractivity contribution is -0.127. The predicted octanol–water partition coefficient (Wildman–Crippen LogP) is 4.54. The van der Waals surface area contributed by atoms with Gasteiger partial charge in [0.25, 0.3) is 0 Å². The molecule has 2 fully saturated rings. The SMILES string of the molecule is C=CC(=O)N1CCC(c2n[nH]c3ncnc(Nc4ccc(Oc5ccnc(N6CC(C)(OC)C6)c5)cc4F)c23)CC1. The molecule has 0 spiro atoms. The Labute approximate surface area is 236 Å². The number of carbonyl (C=O) groups excluding carboxylic acids is 1. The lowest BCUT2D eigenvalue weighted by Crippen LogP contribution is -2.61. The predicted molar refractivity (Wildman–Crippen MR) is 152 cm³/mol. The molecule has 12 heteroatoms. The van der Waals surface area contributed by atoms with Crippen molar-refractivity contribution in [1.29, 1.82) is 0 Å². The van der Waals surface area contributed by atoms with Gasteiger partial charge in [0.1, 0.15) is 35.3 Å². The number of piperidine rings is 1. The molecule has 4 aromatic rings. The lowest BCUT2D eigenvalue weighted by Gasteiger charge is -2.47. The van der Waals surface area contributed by atoms with E-state index < -0.39 is 5.82 Å². The van der Waals surface area contributed by atoms with E-state index in [-0.39, 0.29) is 23.1 Å². The molecular weight excluding hydrogens is 527 g/mol. The molecule has 0 atom stereocenters. The molecule has 1 aromatic carbocycles. The fourth-order valence-electron chi connectivity index (χ4n) is 5.39. The Morgan fingerprint density at radius 2 is 1.95 bits per heavy atom.